The summed E-state index contributed by atoms with van der Waals surface area (Å²) in [5, 5.41) is 4.23. The Balaban J connectivity index is 1.20. The zero-order valence-electron chi connectivity index (χ0n) is 24.2. The van der Waals surface area contributed by atoms with Crippen LogP contribution in [0.25, 0.3) is 66.4 Å². The van der Waals surface area contributed by atoms with Gasteiger partial charge in [0.2, 0.25) is 5.89 Å². The molecule has 0 saturated heterocycles. The van der Waals surface area contributed by atoms with E-state index >= 15 is 0 Å². The molecule has 0 saturated carbocycles. The van der Waals surface area contributed by atoms with Crippen LogP contribution in [0.2, 0.25) is 0 Å². The van der Waals surface area contributed by atoms with Gasteiger partial charge in [0.05, 0.1) is 0 Å². The standard InChI is InChI=1S/C41H26N2O2/c1-3-11-27(12-4-1)29-14-9-17-31(25-29)43(30-15-5-2-6-16-30)32-22-23-34-38(26-32)44-36-20-10-19-35(39(34)36)41-42-40-33-18-8-7-13-28(33)21-24-37(40)45-41/h1-26H. The molecule has 4 heteroatoms. The van der Waals surface area contributed by atoms with Crippen molar-refractivity contribution in [3.8, 4) is 22.6 Å². The SMILES string of the molecule is c1ccc(-c2cccc(N(c3ccccc3)c3ccc4c(c3)oc3cccc(-c5nc6c(ccc7ccccc76)o5)c34)c2)cc1. The number of nitrogens with zero attached hydrogens (tertiary/aromatic N) is 2. The van der Waals surface area contributed by atoms with E-state index in [1.165, 1.54) is 5.56 Å². The molecular weight excluding hydrogens is 552 g/mol. The lowest BCUT2D eigenvalue weighted by atomic mass is 10.0. The largest absolute Gasteiger partial charge is 0.456 e. The topological polar surface area (TPSA) is 42.4 Å². The highest BCUT2D eigenvalue weighted by atomic mass is 16.3. The van der Waals surface area contributed by atoms with Crippen molar-refractivity contribution in [3.63, 3.8) is 0 Å². The zero-order valence-corrected chi connectivity index (χ0v) is 24.2. The van der Waals surface area contributed by atoms with E-state index in [9.17, 15) is 0 Å². The number of para-hydroxylation sites is 1. The van der Waals surface area contributed by atoms with Gasteiger partial charge in [0.25, 0.3) is 0 Å². The maximum Gasteiger partial charge on any atom is 0.228 e. The Kier molecular flexibility index (Phi) is 5.78. The molecule has 4 nitrogen and oxygen atoms in total. The van der Waals surface area contributed by atoms with Gasteiger partial charge in [0.15, 0.2) is 5.58 Å². The van der Waals surface area contributed by atoms with E-state index in [2.05, 4.69) is 120 Å². The lowest BCUT2D eigenvalue weighted by molar-refractivity contribution is 0.620. The number of aromatic nitrogens is 1. The van der Waals surface area contributed by atoms with Crippen molar-refractivity contribution in [2.75, 3.05) is 4.90 Å². The molecule has 0 atom stereocenters. The van der Waals surface area contributed by atoms with Crippen LogP contribution in [0.5, 0.6) is 0 Å². The minimum atomic E-state index is 0.586. The van der Waals surface area contributed by atoms with Gasteiger partial charge in [-0.2, -0.15) is 0 Å². The van der Waals surface area contributed by atoms with Gasteiger partial charge in [0.1, 0.15) is 16.7 Å². The molecule has 9 rings (SSSR count). The first-order chi connectivity index (χ1) is 22.3. The lowest BCUT2D eigenvalue weighted by Crippen LogP contribution is -2.09. The molecule has 0 aliphatic heterocycles. The van der Waals surface area contributed by atoms with Crippen molar-refractivity contribution in [1.29, 1.82) is 0 Å². The average molecular weight is 579 g/mol. The molecule has 0 aliphatic rings. The third kappa shape index (κ3) is 4.27. The molecule has 0 radical (unpaired) electrons. The van der Waals surface area contributed by atoms with Crippen LogP contribution in [0, 0.1) is 0 Å². The molecule has 7 aromatic carbocycles. The monoisotopic (exact) mass is 578 g/mol. The number of hydrogen-bond acceptors (Lipinski definition) is 4. The molecule has 212 valence electrons. The first-order valence-electron chi connectivity index (χ1n) is 15.0. The lowest BCUT2D eigenvalue weighted by Gasteiger charge is -2.26. The van der Waals surface area contributed by atoms with Crippen LogP contribution in [0.15, 0.2) is 167 Å². The number of anilines is 3. The molecule has 2 heterocycles. The van der Waals surface area contributed by atoms with Gasteiger partial charge < -0.3 is 13.7 Å². The molecule has 0 fully saturated rings. The third-order valence-corrected chi connectivity index (χ3v) is 8.48. The molecule has 0 spiro atoms. The van der Waals surface area contributed by atoms with Crippen LogP contribution < -0.4 is 4.90 Å². The second kappa shape index (κ2) is 10.2. The van der Waals surface area contributed by atoms with E-state index in [4.69, 9.17) is 13.8 Å². The molecule has 0 amide bonds. The number of oxazole rings is 1. The number of benzene rings is 7. The smallest absolute Gasteiger partial charge is 0.228 e. The summed E-state index contributed by atoms with van der Waals surface area (Å²) in [6.07, 6.45) is 0. The summed E-state index contributed by atoms with van der Waals surface area (Å²) in [5.74, 6) is 0.586. The van der Waals surface area contributed by atoms with Gasteiger partial charge in [0, 0.05) is 44.9 Å². The van der Waals surface area contributed by atoms with Gasteiger partial charge in [-0.15, -0.1) is 0 Å². The quantitative estimate of drug-likeness (QED) is 0.204. The first kappa shape index (κ1) is 25.4. The van der Waals surface area contributed by atoms with Crippen molar-refractivity contribution in [2.24, 2.45) is 0 Å². The highest BCUT2D eigenvalue weighted by molar-refractivity contribution is 6.13. The van der Waals surface area contributed by atoms with E-state index < -0.39 is 0 Å². The summed E-state index contributed by atoms with van der Waals surface area (Å²) in [5.41, 5.74) is 9.63. The molecule has 0 N–H and O–H groups in total. The molecule has 0 unspecified atom stereocenters. The van der Waals surface area contributed by atoms with Gasteiger partial charge in [-0.1, -0.05) is 97.1 Å². The summed E-state index contributed by atoms with van der Waals surface area (Å²) in [4.78, 5) is 7.26. The molecular formula is C41H26N2O2. The summed E-state index contributed by atoms with van der Waals surface area (Å²) in [6.45, 7) is 0. The summed E-state index contributed by atoms with van der Waals surface area (Å²) in [6, 6.07) is 54.4. The second-order valence-electron chi connectivity index (χ2n) is 11.2. The zero-order chi connectivity index (χ0) is 29.7. The normalized spacial score (nSPS) is 11.6. The van der Waals surface area contributed by atoms with E-state index in [1.54, 1.807) is 0 Å². The van der Waals surface area contributed by atoms with Gasteiger partial charge in [-0.3, -0.25) is 0 Å². The average Bonchev–Trinajstić information content (AvgIpc) is 3.71. The number of rotatable bonds is 5. The van der Waals surface area contributed by atoms with Crippen LogP contribution >= 0.6 is 0 Å². The molecule has 2 aromatic heterocycles. The Morgan fingerprint density at radius 3 is 2.07 bits per heavy atom. The highest BCUT2D eigenvalue weighted by Gasteiger charge is 2.20. The van der Waals surface area contributed by atoms with Crippen molar-refractivity contribution in [3.05, 3.63) is 158 Å². The van der Waals surface area contributed by atoms with Crippen molar-refractivity contribution >= 4 is 60.9 Å². The second-order valence-corrected chi connectivity index (χ2v) is 11.2. The van der Waals surface area contributed by atoms with E-state index in [-0.39, 0.29) is 0 Å². The Labute approximate surface area is 259 Å². The minimum Gasteiger partial charge on any atom is -0.456 e. The van der Waals surface area contributed by atoms with Crippen molar-refractivity contribution in [1.82, 2.24) is 4.98 Å². The molecule has 9 aromatic rings. The van der Waals surface area contributed by atoms with Crippen LogP contribution in [-0.2, 0) is 0 Å². The maximum atomic E-state index is 6.52. The summed E-state index contributed by atoms with van der Waals surface area (Å²) >= 11 is 0. The highest BCUT2D eigenvalue weighted by Crippen LogP contribution is 2.42. The van der Waals surface area contributed by atoms with Crippen LogP contribution in [0.1, 0.15) is 0 Å². The van der Waals surface area contributed by atoms with Crippen molar-refractivity contribution < 1.29 is 8.83 Å². The van der Waals surface area contributed by atoms with Gasteiger partial charge in [-0.05, 0) is 71.1 Å². The third-order valence-electron chi connectivity index (χ3n) is 8.48. The Morgan fingerprint density at radius 1 is 0.444 bits per heavy atom. The Hall–Kier alpha value is -6.13. The predicted molar refractivity (Wildman–Crippen MR) is 184 cm³/mol. The predicted octanol–water partition coefficient (Wildman–Crippen LogP) is 11.7. The number of fused-ring (bicyclic) bond motifs is 6. The fourth-order valence-electron chi connectivity index (χ4n) is 6.39. The molecule has 0 bridgehead atoms. The maximum absolute atomic E-state index is 6.52. The summed E-state index contributed by atoms with van der Waals surface area (Å²) in [7, 11) is 0. The van der Waals surface area contributed by atoms with Crippen molar-refractivity contribution in [2.45, 2.75) is 0 Å². The van der Waals surface area contributed by atoms with Gasteiger partial charge in [-0.25, -0.2) is 4.98 Å². The van der Waals surface area contributed by atoms with Crippen LogP contribution in [-0.4, -0.2) is 4.98 Å². The van der Waals surface area contributed by atoms with Crippen LogP contribution in [0.4, 0.5) is 17.1 Å². The fraction of sp³-hybridized carbons (Fsp3) is 0. The van der Waals surface area contributed by atoms with E-state index in [1.807, 2.05) is 42.5 Å². The van der Waals surface area contributed by atoms with Gasteiger partial charge >= 0.3 is 0 Å². The number of furan rings is 1. The first-order valence-corrected chi connectivity index (χ1v) is 15.0. The van der Waals surface area contributed by atoms with Crippen LogP contribution in [0.3, 0.4) is 0 Å². The van der Waals surface area contributed by atoms with E-state index in [0.717, 1.165) is 72.0 Å². The molecule has 45 heavy (non-hydrogen) atoms. The fourth-order valence-corrected chi connectivity index (χ4v) is 6.39. The number of hydrogen-bond donors (Lipinski definition) is 0. The van der Waals surface area contributed by atoms with E-state index in [0.29, 0.717) is 5.89 Å². The Morgan fingerprint density at radius 2 is 1.18 bits per heavy atom. The molecule has 0 aliphatic carbocycles. The Bertz CT molecular complexity index is 2490. The minimum absolute atomic E-state index is 0.586. The summed E-state index contributed by atoms with van der Waals surface area (Å²) < 4.78 is 12.9.